The van der Waals surface area contributed by atoms with Crippen LogP contribution in [0.2, 0.25) is 0 Å². The zero-order valence-electron chi connectivity index (χ0n) is 14.0. The topological polar surface area (TPSA) is 38.8 Å². The number of carbonyl (C=O) groups excluding carboxylic acids is 1. The van der Waals surface area contributed by atoms with E-state index >= 15 is 0 Å². The number of ether oxygens (including phenoxy) is 2. The van der Waals surface area contributed by atoms with Crippen molar-refractivity contribution in [2.45, 2.75) is 65.6 Å². The number of epoxide rings is 1. The van der Waals surface area contributed by atoms with Gasteiger partial charge in [-0.05, 0) is 57.7 Å². The number of rotatable bonds is 5. The summed E-state index contributed by atoms with van der Waals surface area (Å²) in [7, 11) is 0. The molecule has 0 aromatic heterocycles. The molecule has 1 aromatic rings. The Kier molecular flexibility index (Phi) is 4.16. The molecule has 1 saturated heterocycles. The summed E-state index contributed by atoms with van der Waals surface area (Å²) in [5.41, 5.74) is 3.33. The minimum Gasteiger partial charge on any atom is -0.464 e. The van der Waals surface area contributed by atoms with E-state index in [1.165, 1.54) is 16.7 Å². The van der Waals surface area contributed by atoms with E-state index < -0.39 is 11.2 Å². The van der Waals surface area contributed by atoms with Gasteiger partial charge in [0.1, 0.15) is 5.60 Å². The first kappa shape index (κ1) is 16.0. The third kappa shape index (κ3) is 2.38. The Balaban J connectivity index is 2.47. The number of aryl methyl sites for hydroxylation is 3. The lowest BCUT2D eigenvalue weighted by Gasteiger charge is -2.20. The van der Waals surface area contributed by atoms with Gasteiger partial charge in [0.05, 0.1) is 6.61 Å². The maximum absolute atomic E-state index is 12.4. The molecule has 0 amide bonds. The van der Waals surface area contributed by atoms with E-state index in [9.17, 15) is 4.79 Å². The highest BCUT2D eigenvalue weighted by molar-refractivity contribution is 5.85. The van der Waals surface area contributed by atoms with E-state index in [-0.39, 0.29) is 5.97 Å². The fourth-order valence-corrected chi connectivity index (χ4v) is 3.74. The van der Waals surface area contributed by atoms with Gasteiger partial charge in [0.2, 0.25) is 0 Å². The molecule has 2 unspecified atom stereocenters. The standard InChI is InChI=1S/C18H26O3/c1-7-9-18(16(19)20-8-2)17(6,21-18)15-13(4)10-12(3)11-14(15)5/h10-11H,7-9H2,1-6H3. The molecule has 1 heterocycles. The predicted molar refractivity (Wildman–Crippen MR) is 83.4 cm³/mol. The quantitative estimate of drug-likeness (QED) is 0.608. The van der Waals surface area contributed by atoms with Crippen LogP contribution in [0.3, 0.4) is 0 Å². The maximum Gasteiger partial charge on any atom is 0.341 e. The summed E-state index contributed by atoms with van der Waals surface area (Å²) in [6.07, 6.45) is 1.58. The van der Waals surface area contributed by atoms with Crippen molar-refractivity contribution in [3.05, 3.63) is 34.4 Å². The molecule has 1 aliphatic heterocycles. The van der Waals surface area contributed by atoms with E-state index in [2.05, 4.69) is 39.8 Å². The maximum atomic E-state index is 12.4. The average molecular weight is 290 g/mol. The Morgan fingerprint density at radius 1 is 1.19 bits per heavy atom. The second-order valence-corrected chi connectivity index (χ2v) is 6.21. The van der Waals surface area contributed by atoms with Crippen LogP contribution in [0, 0.1) is 20.8 Å². The molecular formula is C18H26O3. The average Bonchev–Trinajstić information content (AvgIpc) is 2.95. The highest BCUT2D eigenvalue weighted by atomic mass is 16.7. The van der Waals surface area contributed by atoms with Crippen molar-refractivity contribution < 1.29 is 14.3 Å². The van der Waals surface area contributed by atoms with E-state index in [0.29, 0.717) is 13.0 Å². The van der Waals surface area contributed by atoms with E-state index in [0.717, 1.165) is 12.0 Å². The molecule has 0 saturated carbocycles. The first-order valence-corrected chi connectivity index (χ1v) is 7.78. The minimum absolute atomic E-state index is 0.228. The van der Waals surface area contributed by atoms with Gasteiger partial charge in [-0.15, -0.1) is 0 Å². The third-order valence-corrected chi connectivity index (χ3v) is 4.47. The molecule has 2 rings (SSSR count). The second-order valence-electron chi connectivity index (χ2n) is 6.21. The number of benzene rings is 1. The highest BCUT2D eigenvalue weighted by Gasteiger charge is 2.73. The van der Waals surface area contributed by atoms with Gasteiger partial charge in [-0.3, -0.25) is 0 Å². The van der Waals surface area contributed by atoms with Crippen molar-refractivity contribution in [3.8, 4) is 0 Å². The summed E-state index contributed by atoms with van der Waals surface area (Å²) in [6.45, 7) is 12.6. The van der Waals surface area contributed by atoms with Crippen molar-refractivity contribution in [3.63, 3.8) is 0 Å². The van der Waals surface area contributed by atoms with Crippen molar-refractivity contribution in [1.82, 2.24) is 0 Å². The van der Waals surface area contributed by atoms with Crippen LogP contribution in [0.5, 0.6) is 0 Å². The van der Waals surface area contributed by atoms with Gasteiger partial charge in [-0.25, -0.2) is 4.79 Å². The lowest BCUT2D eigenvalue weighted by molar-refractivity contribution is -0.149. The molecule has 116 valence electrons. The molecule has 0 N–H and O–H groups in total. The van der Waals surface area contributed by atoms with Gasteiger partial charge in [0, 0.05) is 0 Å². The van der Waals surface area contributed by atoms with E-state index in [4.69, 9.17) is 9.47 Å². The number of hydrogen-bond donors (Lipinski definition) is 0. The summed E-state index contributed by atoms with van der Waals surface area (Å²) < 4.78 is 11.3. The Morgan fingerprint density at radius 2 is 1.76 bits per heavy atom. The number of esters is 1. The minimum atomic E-state index is -0.817. The first-order chi connectivity index (χ1) is 9.82. The molecule has 0 spiro atoms. The van der Waals surface area contributed by atoms with Crippen LogP contribution in [0.4, 0.5) is 0 Å². The summed E-state index contributed by atoms with van der Waals surface area (Å²) in [6, 6.07) is 4.30. The summed E-state index contributed by atoms with van der Waals surface area (Å²) in [5.74, 6) is -0.228. The Bertz CT molecular complexity index is 541. The highest BCUT2D eigenvalue weighted by Crippen LogP contribution is 2.60. The Morgan fingerprint density at radius 3 is 2.24 bits per heavy atom. The zero-order valence-corrected chi connectivity index (χ0v) is 14.0. The van der Waals surface area contributed by atoms with Crippen molar-refractivity contribution in [2.75, 3.05) is 6.61 Å². The van der Waals surface area contributed by atoms with Crippen molar-refractivity contribution in [1.29, 1.82) is 0 Å². The molecule has 21 heavy (non-hydrogen) atoms. The van der Waals surface area contributed by atoms with E-state index in [1.807, 2.05) is 13.8 Å². The van der Waals surface area contributed by atoms with Gasteiger partial charge >= 0.3 is 5.97 Å². The lowest BCUT2D eigenvalue weighted by atomic mass is 9.80. The van der Waals surface area contributed by atoms with E-state index in [1.54, 1.807) is 0 Å². The fourth-order valence-electron chi connectivity index (χ4n) is 3.74. The monoisotopic (exact) mass is 290 g/mol. The largest absolute Gasteiger partial charge is 0.464 e. The SMILES string of the molecule is CCCC1(C(=O)OCC)OC1(C)c1c(C)cc(C)cc1C. The second kappa shape index (κ2) is 5.45. The van der Waals surface area contributed by atoms with Gasteiger partial charge in [0.25, 0.3) is 0 Å². The smallest absolute Gasteiger partial charge is 0.341 e. The first-order valence-electron chi connectivity index (χ1n) is 7.78. The van der Waals surface area contributed by atoms with Crippen LogP contribution in [-0.2, 0) is 19.9 Å². The molecule has 2 atom stereocenters. The Labute approximate surface area is 127 Å². The molecule has 1 fully saturated rings. The Hall–Kier alpha value is -1.35. The molecule has 0 radical (unpaired) electrons. The molecule has 3 heteroatoms. The lowest BCUT2D eigenvalue weighted by Crippen LogP contribution is -2.34. The van der Waals surface area contributed by atoms with Crippen molar-refractivity contribution in [2.24, 2.45) is 0 Å². The molecular weight excluding hydrogens is 264 g/mol. The zero-order chi connectivity index (χ0) is 15.8. The number of carbonyl (C=O) groups is 1. The summed E-state index contributed by atoms with van der Waals surface area (Å²) in [4.78, 5) is 12.4. The molecule has 1 aliphatic rings. The predicted octanol–water partition coefficient (Wildman–Crippen LogP) is 3.96. The molecule has 1 aromatic carbocycles. The third-order valence-electron chi connectivity index (χ3n) is 4.47. The molecule has 3 nitrogen and oxygen atoms in total. The van der Waals surface area contributed by atoms with Gasteiger partial charge < -0.3 is 9.47 Å². The van der Waals surface area contributed by atoms with Crippen LogP contribution >= 0.6 is 0 Å². The summed E-state index contributed by atoms with van der Waals surface area (Å²) in [5, 5.41) is 0. The fraction of sp³-hybridized carbons (Fsp3) is 0.611. The van der Waals surface area contributed by atoms with Crippen LogP contribution in [-0.4, -0.2) is 18.2 Å². The van der Waals surface area contributed by atoms with Crippen molar-refractivity contribution >= 4 is 5.97 Å². The number of hydrogen-bond acceptors (Lipinski definition) is 3. The molecule has 0 aliphatic carbocycles. The van der Waals surface area contributed by atoms with Gasteiger partial charge in [0.15, 0.2) is 5.60 Å². The normalized spacial score (nSPS) is 27.5. The van der Waals surface area contributed by atoms with Crippen LogP contribution in [0.25, 0.3) is 0 Å². The van der Waals surface area contributed by atoms with Crippen LogP contribution in [0.15, 0.2) is 12.1 Å². The molecule has 0 bridgehead atoms. The van der Waals surface area contributed by atoms with Gasteiger partial charge in [-0.2, -0.15) is 0 Å². The summed E-state index contributed by atoms with van der Waals surface area (Å²) >= 11 is 0. The van der Waals surface area contributed by atoms with Crippen LogP contribution < -0.4 is 0 Å². The van der Waals surface area contributed by atoms with Crippen LogP contribution in [0.1, 0.15) is 55.9 Å². The van der Waals surface area contributed by atoms with Gasteiger partial charge in [-0.1, -0.05) is 31.0 Å².